The number of likely N-dealkylation sites (N-methyl/N-ethyl adjacent to an activating group) is 1. The van der Waals surface area contributed by atoms with Crippen molar-refractivity contribution in [1.29, 1.82) is 0 Å². The van der Waals surface area contributed by atoms with E-state index in [0.29, 0.717) is 38.0 Å². The molecule has 0 radical (unpaired) electrons. The molecule has 1 spiro atoms. The summed E-state index contributed by atoms with van der Waals surface area (Å²) < 4.78 is 38.3. The maximum absolute atomic E-state index is 13.4. The van der Waals surface area contributed by atoms with Gasteiger partial charge in [0.25, 0.3) is 6.43 Å². The van der Waals surface area contributed by atoms with Gasteiger partial charge < -0.3 is 24.3 Å². The van der Waals surface area contributed by atoms with Gasteiger partial charge in [-0.2, -0.15) is 0 Å². The van der Waals surface area contributed by atoms with Crippen molar-refractivity contribution < 1.29 is 32.9 Å². The van der Waals surface area contributed by atoms with Crippen LogP contribution in [-0.2, 0) is 16.6 Å². The monoisotopic (exact) mass is 486 g/mol. The van der Waals surface area contributed by atoms with Crippen molar-refractivity contribution in [2.75, 3.05) is 20.1 Å². The third kappa shape index (κ3) is 3.04. The average Bonchev–Trinajstić information content (AvgIpc) is 3.46. The smallest absolute Gasteiger partial charge is 0.251 e. The van der Waals surface area contributed by atoms with E-state index in [2.05, 4.69) is 0 Å². The number of nitrogens with zero attached hydrogens (tertiary/aromatic N) is 2. The summed E-state index contributed by atoms with van der Waals surface area (Å²) in [5, 5.41) is 22.9. The fraction of sp³-hybridized carbons (Fsp3) is 0.500. The first-order valence-corrected chi connectivity index (χ1v) is 12.0. The number of piperidine rings is 1. The fourth-order valence-electron chi connectivity index (χ4n) is 7.22. The number of hydrogen-bond donors (Lipinski definition) is 2. The average molecular weight is 487 g/mol. The van der Waals surface area contributed by atoms with Gasteiger partial charge in [0.15, 0.2) is 11.5 Å². The minimum absolute atomic E-state index is 0.00378. The number of aliphatic hydroxyl groups is 1. The van der Waals surface area contributed by atoms with Crippen molar-refractivity contribution >= 4 is 12.0 Å². The Kier molecular flexibility index (Phi) is 5.02. The highest BCUT2D eigenvalue weighted by molar-refractivity contribution is 5.91. The molecule has 9 heteroatoms. The molecule has 5 atom stereocenters. The molecule has 2 bridgehead atoms. The molecule has 2 N–H and O–H groups in total. The van der Waals surface area contributed by atoms with E-state index in [1.807, 2.05) is 6.07 Å². The summed E-state index contributed by atoms with van der Waals surface area (Å²) in [5.74, 6) is 0.133. The van der Waals surface area contributed by atoms with Crippen molar-refractivity contribution in [3.63, 3.8) is 0 Å². The lowest BCUT2D eigenvalue weighted by Gasteiger charge is -2.64. The van der Waals surface area contributed by atoms with Crippen LogP contribution in [0.3, 0.4) is 0 Å². The molecule has 4 aliphatic rings. The van der Waals surface area contributed by atoms with Gasteiger partial charge in [-0.3, -0.25) is 9.69 Å². The lowest BCUT2D eigenvalue weighted by atomic mass is 9.48. The van der Waals surface area contributed by atoms with Crippen LogP contribution in [0.2, 0.25) is 0 Å². The number of alkyl halides is 2. The van der Waals surface area contributed by atoms with Crippen LogP contribution >= 0.6 is 0 Å². The molecule has 1 amide bonds. The molecular formula is C26H28F2N2O5. The Balaban J connectivity index is 1.40. The van der Waals surface area contributed by atoms with Gasteiger partial charge in [0.2, 0.25) is 5.91 Å². The second-order valence-corrected chi connectivity index (χ2v) is 10.2. The van der Waals surface area contributed by atoms with Crippen LogP contribution in [0.4, 0.5) is 8.78 Å². The van der Waals surface area contributed by atoms with Crippen LogP contribution in [0.25, 0.3) is 6.08 Å². The van der Waals surface area contributed by atoms with Crippen LogP contribution in [0.15, 0.2) is 41.2 Å². The summed E-state index contributed by atoms with van der Waals surface area (Å²) in [5.41, 5.74) is 0.276. The van der Waals surface area contributed by atoms with E-state index in [4.69, 9.17) is 9.15 Å². The number of furan rings is 1. The Morgan fingerprint density at radius 3 is 2.91 bits per heavy atom. The zero-order valence-electron chi connectivity index (χ0n) is 19.4. The number of phenolic OH excluding ortho intramolecular Hbond substituents is 1. The Bertz CT molecular complexity index is 1180. The van der Waals surface area contributed by atoms with E-state index in [0.717, 1.165) is 16.7 Å². The topological polar surface area (TPSA) is 86.4 Å². The molecule has 35 heavy (non-hydrogen) atoms. The highest BCUT2D eigenvalue weighted by Gasteiger charge is 2.73. The summed E-state index contributed by atoms with van der Waals surface area (Å²) in [6.07, 6.45) is 4.74. The first-order chi connectivity index (χ1) is 16.8. The number of phenols is 1. The number of carbonyl (C=O) groups excluding carboxylic acids is 1. The van der Waals surface area contributed by atoms with E-state index in [9.17, 15) is 23.8 Å². The molecule has 2 fully saturated rings. The molecule has 6 rings (SSSR count). The highest BCUT2D eigenvalue weighted by Crippen LogP contribution is 2.65. The van der Waals surface area contributed by atoms with Gasteiger partial charge in [-0.1, -0.05) is 6.07 Å². The first kappa shape index (κ1) is 22.5. The van der Waals surface area contributed by atoms with Crippen LogP contribution in [0, 0.1) is 0 Å². The number of likely N-dealkylation sites (tertiary alicyclic amines) is 1. The van der Waals surface area contributed by atoms with Crippen LogP contribution < -0.4 is 4.74 Å². The Morgan fingerprint density at radius 1 is 1.34 bits per heavy atom. The first-order valence-electron chi connectivity index (χ1n) is 12.0. The zero-order valence-corrected chi connectivity index (χ0v) is 19.4. The van der Waals surface area contributed by atoms with Gasteiger partial charge in [0.1, 0.15) is 6.10 Å². The molecule has 2 aliphatic heterocycles. The zero-order chi connectivity index (χ0) is 24.5. The van der Waals surface area contributed by atoms with Gasteiger partial charge in [-0.25, -0.2) is 8.78 Å². The predicted octanol–water partition coefficient (Wildman–Crippen LogP) is 2.94. The second-order valence-electron chi connectivity index (χ2n) is 10.2. The second kappa shape index (κ2) is 7.80. The van der Waals surface area contributed by atoms with Crippen LogP contribution in [0.5, 0.6) is 11.5 Å². The minimum Gasteiger partial charge on any atom is -0.504 e. The predicted molar refractivity (Wildman–Crippen MR) is 122 cm³/mol. The maximum atomic E-state index is 13.4. The summed E-state index contributed by atoms with van der Waals surface area (Å²) in [4.78, 5) is 16.4. The molecule has 7 nitrogen and oxygen atoms in total. The Labute approximate surface area is 201 Å². The Hall–Kier alpha value is -2.91. The highest BCUT2D eigenvalue weighted by atomic mass is 19.3. The summed E-state index contributed by atoms with van der Waals surface area (Å²) in [6, 6.07) is 4.28. The molecule has 1 aromatic heterocycles. The van der Waals surface area contributed by atoms with E-state index < -0.39 is 36.1 Å². The molecule has 2 aliphatic carbocycles. The molecule has 2 aromatic rings. The standard InChI is InChI=1S/C26H28F2N2O5/c1-29(21(32)5-2-15-7-11-34-14-15)17-6-8-26(33)19-12-16-3-4-18(31)23-22(16)25(26,24(17)35-23)9-10-30(19)13-20(27)28/h2-5,7,11,14,17,19-20,24,31,33H,6,8-10,12-13H2,1H3/b5-2+/t17-,19-,24+,25+,26-/m1/s1. The van der Waals surface area contributed by atoms with Crippen molar-refractivity contribution in [3.8, 4) is 11.5 Å². The molecule has 0 unspecified atom stereocenters. The Morgan fingerprint density at radius 2 is 2.17 bits per heavy atom. The van der Waals surface area contributed by atoms with Gasteiger partial charge in [-0.05, 0) is 56.0 Å². The molecule has 3 heterocycles. The number of amides is 1. The quantitative estimate of drug-likeness (QED) is 0.633. The lowest BCUT2D eigenvalue weighted by molar-refractivity contribution is -0.203. The molecule has 1 aromatic carbocycles. The number of benzene rings is 1. The van der Waals surface area contributed by atoms with Crippen LogP contribution in [-0.4, -0.2) is 76.3 Å². The number of ether oxygens (including phenoxy) is 1. The lowest BCUT2D eigenvalue weighted by Crippen LogP contribution is -2.78. The fourth-order valence-corrected chi connectivity index (χ4v) is 7.22. The van der Waals surface area contributed by atoms with Gasteiger partial charge in [-0.15, -0.1) is 0 Å². The van der Waals surface area contributed by atoms with Crippen molar-refractivity contribution in [3.05, 3.63) is 53.5 Å². The normalized spacial score (nSPS) is 33.1. The molecule has 186 valence electrons. The summed E-state index contributed by atoms with van der Waals surface area (Å²) in [6.45, 7) is -0.00797. The third-order valence-electron chi connectivity index (χ3n) is 8.72. The van der Waals surface area contributed by atoms with E-state index in [1.165, 1.54) is 12.3 Å². The maximum Gasteiger partial charge on any atom is 0.251 e. The SMILES string of the molecule is CN(C(=O)/C=C/c1ccoc1)[C@@H]1CC[C@@]2(O)[C@H]3Cc4ccc(O)c5c4[C@@]2(CCN3CC(F)F)[C@H]1O5. The number of carbonyl (C=O) groups is 1. The van der Waals surface area contributed by atoms with Gasteiger partial charge in [0.05, 0.1) is 36.1 Å². The third-order valence-corrected chi connectivity index (χ3v) is 8.72. The van der Waals surface area contributed by atoms with Gasteiger partial charge in [0, 0.05) is 30.3 Å². The summed E-state index contributed by atoms with van der Waals surface area (Å²) in [7, 11) is 1.72. The minimum atomic E-state index is -2.50. The summed E-state index contributed by atoms with van der Waals surface area (Å²) >= 11 is 0. The number of hydrogen-bond acceptors (Lipinski definition) is 6. The molecular weight excluding hydrogens is 458 g/mol. The number of aromatic hydroxyl groups is 1. The van der Waals surface area contributed by atoms with Crippen molar-refractivity contribution in [1.82, 2.24) is 9.80 Å². The van der Waals surface area contributed by atoms with Crippen molar-refractivity contribution in [2.24, 2.45) is 0 Å². The van der Waals surface area contributed by atoms with Gasteiger partial charge >= 0.3 is 0 Å². The van der Waals surface area contributed by atoms with Crippen LogP contribution in [0.1, 0.15) is 36.0 Å². The van der Waals surface area contributed by atoms with Crippen molar-refractivity contribution in [2.45, 2.75) is 61.3 Å². The number of rotatable bonds is 5. The van der Waals surface area contributed by atoms with E-state index in [-0.39, 0.29) is 17.7 Å². The molecule has 1 saturated carbocycles. The van der Waals surface area contributed by atoms with E-state index >= 15 is 0 Å². The molecule has 1 saturated heterocycles. The number of halogens is 2. The van der Waals surface area contributed by atoms with E-state index in [1.54, 1.807) is 41.3 Å². The largest absolute Gasteiger partial charge is 0.504 e.